The van der Waals surface area contributed by atoms with Gasteiger partial charge in [0.1, 0.15) is 0 Å². The van der Waals surface area contributed by atoms with Gasteiger partial charge in [0.05, 0.1) is 28.0 Å². The fourth-order valence-electron chi connectivity index (χ4n) is 3.21. The molecule has 0 radical (unpaired) electrons. The van der Waals surface area contributed by atoms with Gasteiger partial charge in [0, 0.05) is 31.1 Å². The number of thiophene rings is 1. The maximum atomic E-state index is 12.8. The van der Waals surface area contributed by atoms with Gasteiger partial charge in [-0.3, -0.25) is 9.78 Å². The van der Waals surface area contributed by atoms with Gasteiger partial charge in [-0.25, -0.2) is 14.6 Å². The average molecular weight is 419 g/mol. The summed E-state index contributed by atoms with van der Waals surface area (Å²) in [4.78, 5) is 27.2. The van der Waals surface area contributed by atoms with Crippen LogP contribution in [-0.4, -0.2) is 37.2 Å². The number of rotatable bonds is 7. The van der Waals surface area contributed by atoms with E-state index in [1.165, 1.54) is 0 Å². The molecule has 0 saturated heterocycles. The summed E-state index contributed by atoms with van der Waals surface area (Å²) in [6.07, 6.45) is 5.73. The Kier molecular flexibility index (Phi) is 5.94. The van der Waals surface area contributed by atoms with Crippen LogP contribution in [0.4, 0.5) is 0 Å². The van der Waals surface area contributed by atoms with Crippen molar-refractivity contribution < 1.29 is 4.79 Å². The van der Waals surface area contributed by atoms with E-state index in [0.717, 1.165) is 22.0 Å². The normalized spacial score (nSPS) is 11.0. The summed E-state index contributed by atoms with van der Waals surface area (Å²) in [5, 5.41) is 9.42. The lowest BCUT2D eigenvalue weighted by Crippen LogP contribution is -2.27. The molecular formula is C22H22N6OS. The van der Waals surface area contributed by atoms with Gasteiger partial charge in [-0.05, 0) is 35.6 Å². The van der Waals surface area contributed by atoms with Crippen LogP contribution in [0.25, 0.3) is 16.5 Å². The first kappa shape index (κ1) is 19.9. The Morgan fingerprint density at radius 2 is 2.03 bits per heavy atom. The molecule has 0 unspecified atom stereocenters. The lowest BCUT2D eigenvalue weighted by Gasteiger charge is -2.12. The van der Waals surface area contributed by atoms with Crippen LogP contribution in [0.15, 0.2) is 60.4 Å². The lowest BCUT2D eigenvalue weighted by atomic mass is 10.1. The van der Waals surface area contributed by atoms with Gasteiger partial charge in [0.25, 0.3) is 11.9 Å². The number of carbonyl (C=O) groups is 1. The van der Waals surface area contributed by atoms with Crippen molar-refractivity contribution in [2.75, 3.05) is 6.54 Å². The van der Waals surface area contributed by atoms with Crippen LogP contribution in [-0.2, 0) is 6.42 Å². The van der Waals surface area contributed by atoms with E-state index in [9.17, 15) is 4.79 Å². The number of carbonyl (C=O) groups excluding carboxylic acids is 1. The van der Waals surface area contributed by atoms with Crippen molar-refractivity contribution in [3.05, 3.63) is 77.3 Å². The highest BCUT2D eigenvalue weighted by atomic mass is 32.1. The molecule has 0 fully saturated rings. The maximum Gasteiger partial charge on any atom is 0.254 e. The minimum absolute atomic E-state index is 0.0676. The Hall–Kier alpha value is -3.39. The largest absolute Gasteiger partial charge is 0.352 e. The number of hydrogen-bond donors (Lipinski definition) is 1. The molecule has 0 saturated carbocycles. The third kappa shape index (κ3) is 4.28. The first-order chi connectivity index (χ1) is 14.6. The standard InChI is InChI=1S/C22H22N6OS/c1-15(2)20-17(21(29)24-11-8-16-6-3-4-10-23-16)14-26-28(20)22-25-12-9-18(27-22)19-7-5-13-30-19/h3-7,9-10,12-15H,8,11H2,1-2H3,(H,24,29). The number of hydrogen-bond acceptors (Lipinski definition) is 6. The highest BCUT2D eigenvalue weighted by Crippen LogP contribution is 2.25. The van der Waals surface area contributed by atoms with Gasteiger partial charge in [-0.1, -0.05) is 26.0 Å². The molecule has 152 valence electrons. The lowest BCUT2D eigenvalue weighted by molar-refractivity contribution is 0.0952. The summed E-state index contributed by atoms with van der Waals surface area (Å²) < 4.78 is 1.66. The smallest absolute Gasteiger partial charge is 0.254 e. The molecule has 1 N–H and O–H groups in total. The summed E-state index contributed by atoms with van der Waals surface area (Å²) in [6, 6.07) is 11.6. The fourth-order valence-corrected chi connectivity index (χ4v) is 3.90. The zero-order chi connectivity index (χ0) is 20.9. The summed E-state index contributed by atoms with van der Waals surface area (Å²) in [6.45, 7) is 4.56. The van der Waals surface area contributed by atoms with Crippen molar-refractivity contribution in [3.8, 4) is 16.5 Å². The number of nitrogens with one attached hydrogen (secondary N) is 1. The van der Waals surface area contributed by atoms with E-state index in [2.05, 4.69) is 25.4 Å². The SMILES string of the molecule is CC(C)c1c(C(=O)NCCc2ccccn2)cnn1-c1nccc(-c2cccs2)n1. The predicted octanol–water partition coefficient (Wildman–Crippen LogP) is 3.88. The monoisotopic (exact) mass is 418 g/mol. The quantitative estimate of drug-likeness (QED) is 0.492. The molecule has 30 heavy (non-hydrogen) atoms. The van der Waals surface area contributed by atoms with Gasteiger partial charge in [-0.2, -0.15) is 5.10 Å². The van der Waals surface area contributed by atoms with E-state index < -0.39 is 0 Å². The molecule has 8 heteroatoms. The molecule has 0 aromatic carbocycles. The fraction of sp³-hybridized carbons (Fsp3) is 0.227. The van der Waals surface area contributed by atoms with E-state index in [0.29, 0.717) is 24.5 Å². The minimum Gasteiger partial charge on any atom is -0.352 e. The van der Waals surface area contributed by atoms with Crippen molar-refractivity contribution in [2.45, 2.75) is 26.2 Å². The summed E-state index contributed by atoms with van der Waals surface area (Å²) >= 11 is 1.62. The van der Waals surface area contributed by atoms with Gasteiger partial charge >= 0.3 is 0 Å². The maximum absolute atomic E-state index is 12.8. The number of pyridine rings is 1. The van der Waals surface area contributed by atoms with Crippen LogP contribution < -0.4 is 5.32 Å². The van der Waals surface area contributed by atoms with Crippen LogP contribution in [0.3, 0.4) is 0 Å². The van der Waals surface area contributed by atoms with Crippen molar-refractivity contribution in [1.29, 1.82) is 0 Å². The third-order valence-electron chi connectivity index (χ3n) is 4.60. The predicted molar refractivity (Wildman–Crippen MR) is 117 cm³/mol. The molecule has 4 aromatic heterocycles. The molecule has 4 rings (SSSR count). The number of nitrogens with zero attached hydrogens (tertiary/aromatic N) is 5. The summed E-state index contributed by atoms with van der Waals surface area (Å²) in [5.74, 6) is 0.366. The molecule has 4 heterocycles. The molecule has 0 aliphatic carbocycles. The van der Waals surface area contributed by atoms with Crippen LogP contribution in [0.2, 0.25) is 0 Å². The molecule has 0 bridgehead atoms. The van der Waals surface area contributed by atoms with Gasteiger partial charge in [0.15, 0.2) is 0 Å². The first-order valence-corrected chi connectivity index (χ1v) is 10.6. The minimum atomic E-state index is -0.157. The Balaban J connectivity index is 1.56. The molecular weight excluding hydrogens is 396 g/mol. The highest BCUT2D eigenvalue weighted by Gasteiger charge is 2.22. The van der Waals surface area contributed by atoms with Crippen molar-refractivity contribution >= 4 is 17.2 Å². The van der Waals surface area contributed by atoms with Crippen LogP contribution >= 0.6 is 11.3 Å². The van der Waals surface area contributed by atoms with Crippen molar-refractivity contribution in [1.82, 2.24) is 30.0 Å². The molecule has 0 aliphatic heterocycles. The average Bonchev–Trinajstić information content (AvgIpc) is 3.45. The Labute approximate surface area is 178 Å². The third-order valence-corrected chi connectivity index (χ3v) is 5.49. The second kappa shape index (κ2) is 8.96. The van der Waals surface area contributed by atoms with Crippen LogP contribution in [0, 0.1) is 0 Å². The van der Waals surface area contributed by atoms with E-state index in [4.69, 9.17) is 0 Å². The molecule has 0 atom stereocenters. The molecule has 7 nitrogen and oxygen atoms in total. The number of aromatic nitrogens is 5. The van der Waals surface area contributed by atoms with E-state index in [-0.39, 0.29) is 11.8 Å². The number of amides is 1. The zero-order valence-corrected chi connectivity index (χ0v) is 17.6. The topological polar surface area (TPSA) is 85.6 Å². The summed E-state index contributed by atoms with van der Waals surface area (Å²) in [7, 11) is 0. The van der Waals surface area contributed by atoms with E-state index in [1.54, 1.807) is 34.6 Å². The van der Waals surface area contributed by atoms with Crippen LogP contribution in [0.1, 0.15) is 41.5 Å². The van der Waals surface area contributed by atoms with Crippen molar-refractivity contribution in [3.63, 3.8) is 0 Å². The Morgan fingerprint density at radius 3 is 2.77 bits per heavy atom. The molecule has 1 amide bonds. The Morgan fingerprint density at radius 1 is 1.13 bits per heavy atom. The molecule has 0 spiro atoms. The molecule has 4 aromatic rings. The van der Waals surface area contributed by atoms with E-state index >= 15 is 0 Å². The molecule has 0 aliphatic rings. The second-order valence-corrected chi connectivity index (χ2v) is 8.00. The van der Waals surface area contributed by atoms with Crippen LogP contribution in [0.5, 0.6) is 0 Å². The summed E-state index contributed by atoms with van der Waals surface area (Å²) in [5.41, 5.74) is 3.10. The Bertz CT molecular complexity index is 1120. The highest BCUT2D eigenvalue weighted by molar-refractivity contribution is 7.13. The van der Waals surface area contributed by atoms with Gasteiger partial charge in [0.2, 0.25) is 0 Å². The van der Waals surface area contributed by atoms with E-state index in [1.807, 2.05) is 55.6 Å². The first-order valence-electron chi connectivity index (χ1n) is 9.77. The van der Waals surface area contributed by atoms with Gasteiger partial charge in [-0.15, -0.1) is 11.3 Å². The van der Waals surface area contributed by atoms with Gasteiger partial charge < -0.3 is 5.32 Å². The zero-order valence-electron chi connectivity index (χ0n) is 16.8. The van der Waals surface area contributed by atoms with Crippen molar-refractivity contribution in [2.24, 2.45) is 0 Å². The second-order valence-electron chi connectivity index (χ2n) is 7.06.